The number of benzene rings is 1. The molecule has 1 saturated heterocycles. The molecule has 2 atom stereocenters. The van der Waals surface area contributed by atoms with E-state index in [1.165, 1.54) is 5.56 Å². The Morgan fingerprint density at radius 3 is 2.87 bits per heavy atom. The number of hydrogen-bond acceptors (Lipinski definition) is 2. The highest BCUT2D eigenvalue weighted by atomic mass is 35.5. The lowest BCUT2D eigenvalue weighted by atomic mass is 10.0. The summed E-state index contributed by atoms with van der Waals surface area (Å²) >= 11 is 6.01. The Hall–Kier alpha value is -0.730. The predicted molar refractivity (Wildman–Crippen MR) is 62.5 cm³/mol. The van der Waals surface area contributed by atoms with Crippen LogP contribution in [0.1, 0.15) is 24.9 Å². The fourth-order valence-electron chi connectivity index (χ4n) is 2.13. The van der Waals surface area contributed by atoms with Crippen LogP contribution in [0, 0.1) is 5.92 Å². The van der Waals surface area contributed by atoms with Gasteiger partial charge in [-0.3, -0.25) is 0 Å². The van der Waals surface area contributed by atoms with Crippen LogP contribution in [0.15, 0.2) is 18.2 Å². The normalized spacial score (nSPS) is 25.5. The van der Waals surface area contributed by atoms with Crippen LogP contribution >= 0.6 is 11.6 Å². The Kier molecular flexibility index (Phi) is 3.17. The van der Waals surface area contributed by atoms with Gasteiger partial charge in [-0.15, -0.1) is 0 Å². The van der Waals surface area contributed by atoms with Crippen LogP contribution < -0.4 is 10.1 Å². The third-order valence-electron chi connectivity index (χ3n) is 2.92. The monoisotopic (exact) mass is 225 g/mol. The molecule has 2 nitrogen and oxygen atoms in total. The standard InChI is InChI=1S/C12H16ClNO/c1-8-5-11(14-7-8)10-6-9(13)3-4-12(10)15-2/h3-4,6,8,11,14H,5,7H2,1-2H3/t8-,11-/m1/s1. The summed E-state index contributed by atoms with van der Waals surface area (Å²) < 4.78 is 5.35. The largest absolute Gasteiger partial charge is 0.496 e. The summed E-state index contributed by atoms with van der Waals surface area (Å²) in [5.74, 6) is 1.64. The quantitative estimate of drug-likeness (QED) is 0.836. The lowest BCUT2D eigenvalue weighted by Crippen LogP contribution is -2.14. The highest BCUT2D eigenvalue weighted by Crippen LogP contribution is 2.34. The zero-order valence-electron chi connectivity index (χ0n) is 9.09. The molecule has 1 N–H and O–H groups in total. The Balaban J connectivity index is 2.29. The number of nitrogens with one attached hydrogen (secondary N) is 1. The Morgan fingerprint density at radius 1 is 1.47 bits per heavy atom. The van der Waals surface area contributed by atoms with E-state index in [0.29, 0.717) is 6.04 Å². The van der Waals surface area contributed by atoms with Gasteiger partial charge in [0.1, 0.15) is 5.75 Å². The number of ether oxygens (including phenoxy) is 1. The first-order valence-corrected chi connectivity index (χ1v) is 5.65. The molecule has 1 heterocycles. The number of hydrogen-bond donors (Lipinski definition) is 1. The van der Waals surface area contributed by atoms with Gasteiger partial charge in [-0.1, -0.05) is 18.5 Å². The van der Waals surface area contributed by atoms with Crippen LogP contribution in [-0.4, -0.2) is 13.7 Å². The minimum Gasteiger partial charge on any atom is -0.496 e. The van der Waals surface area contributed by atoms with E-state index in [1.807, 2.05) is 18.2 Å². The average molecular weight is 226 g/mol. The van der Waals surface area contributed by atoms with Gasteiger partial charge in [-0.2, -0.15) is 0 Å². The van der Waals surface area contributed by atoms with E-state index in [2.05, 4.69) is 12.2 Å². The molecule has 2 rings (SSSR count). The van der Waals surface area contributed by atoms with Crippen molar-refractivity contribution >= 4 is 11.6 Å². The highest BCUT2D eigenvalue weighted by Gasteiger charge is 2.24. The van der Waals surface area contributed by atoms with Gasteiger partial charge in [-0.05, 0) is 37.1 Å². The van der Waals surface area contributed by atoms with E-state index in [1.54, 1.807) is 7.11 Å². The topological polar surface area (TPSA) is 21.3 Å². The third-order valence-corrected chi connectivity index (χ3v) is 3.15. The highest BCUT2D eigenvalue weighted by molar-refractivity contribution is 6.30. The molecule has 3 heteroatoms. The molecule has 0 amide bonds. The molecule has 0 saturated carbocycles. The average Bonchev–Trinajstić information content (AvgIpc) is 2.65. The molecule has 0 bridgehead atoms. The molecule has 15 heavy (non-hydrogen) atoms. The first-order valence-electron chi connectivity index (χ1n) is 5.27. The van der Waals surface area contributed by atoms with Crippen molar-refractivity contribution in [2.75, 3.05) is 13.7 Å². The Labute approximate surface area is 95.6 Å². The molecule has 1 aromatic carbocycles. The van der Waals surface area contributed by atoms with Crippen molar-refractivity contribution in [1.82, 2.24) is 5.32 Å². The lowest BCUT2D eigenvalue weighted by molar-refractivity contribution is 0.403. The molecule has 0 spiro atoms. The Morgan fingerprint density at radius 2 is 2.27 bits per heavy atom. The molecule has 0 aromatic heterocycles. The minimum atomic E-state index is 0.383. The summed E-state index contributed by atoms with van der Waals surface area (Å²) in [6.45, 7) is 3.32. The lowest BCUT2D eigenvalue weighted by Gasteiger charge is -2.15. The van der Waals surface area contributed by atoms with E-state index in [9.17, 15) is 0 Å². The van der Waals surface area contributed by atoms with Gasteiger partial charge in [0.25, 0.3) is 0 Å². The number of rotatable bonds is 2. The van der Waals surface area contributed by atoms with Crippen molar-refractivity contribution in [2.24, 2.45) is 5.92 Å². The van der Waals surface area contributed by atoms with Gasteiger partial charge in [0.15, 0.2) is 0 Å². The molecule has 0 radical (unpaired) electrons. The van der Waals surface area contributed by atoms with Crippen LogP contribution in [0.4, 0.5) is 0 Å². The van der Waals surface area contributed by atoms with E-state index in [4.69, 9.17) is 16.3 Å². The van der Waals surface area contributed by atoms with Crippen molar-refractivity contribution < 1.29 is 4.74 Å². The predicted octanol–water partition coefficient (Wildman–Crippen LogP) is 3.02. The SMILES string of the molecule is COc1ccc(Cl)cc1[C@H]1C[C@@H](C)CN1. The fraction of sp³-hybridized carbons (Fsp3) is 0.500. The van der Waals surface area contributed by atoms with Crippen LogP contribution in [0.2, 0.25) is 5.02 Å². The summed E-state index contributed by atoms with van der Waals surface area (Å²) in [4.78, 5) is 0. The van der Waals surface area contributed by atoms with Gasteiger partial charge in [0, 0.05) is 16.6 Å². The van der Waals surface area contributed by atoms with Crippen molar-refractivity contribution in [2.45, 2.75) is 19.4 Å². The molecule has 0 unspecified atom stereocenters. The molecule has 1 fully saturated rings. The van der Waals surface area contributed by atoms with Crippen molar-refractivity contribution in [3.05, 3.63) is 28.8 Å². The molecule has 0 aliphatic carbocycles. The molecular formula is C12H16ClNO. The second-order valence-electron chi connectivity index (χ2n) is 4.19. The van der Waals surface area contributed by atoms with Gasteiger partial charge in [0.2, 0.25) is 0 Å². The third kappa shape index (κ3) is 2.27. The van der Waals surface area contributed by atoms with Crippen LogP contribution in [0.5, 0.6) is 5.75 Å². The second kappa shape index (κ2) is 4.42. The van der Waals surface area contributed by atoms with Gasteiger partial charge in [0.05, 0.1) is 7.11 Å². The van der Waals surface area contributed by atoms with Crippen molar-refractivity contribution in [3.8, 4) is 5.75 Å². The van der Waals surface area contributed by atoms with Gasteiger partial charge in [-0.25, -0.2) is 0 Å². The van der Waals surface area contributed by atoms with Crippen LogP contribution in [0.25, 0.3) is 0 Å². The van der Waals surface area contributed by atoms with Crippen molar-refractivity contribution in [3.63, 3.8) is 0 Å². The first-order chi connectivity index (χ1) is 7.20. The maximum atomic E-state index is 6.01. The smallest absolute Gasteiger partial charge is 0.123 e. The fourth-order valence-corrected chi connectivity index (χ4v) is 2.31. The van der Waals surface area contributed by atoms with E-state index in [0.717, 1.165) is 29.7 Å². The summed E-state index contributed by atoms with van der Waals surface area (Å²) in [6, 6.07) is 6.18. The van der Waals surface area contributed by atoms with E-state index >= 15 is 0 Å². The van der Waals surface area contributed by atoms with Crippen LogP contribution in [-0.2, 0) is 0 Å². The summed E-state index contributed by atoms with van der Waals surface area (Å²) in [7, 11) is 1.70. The van der Waals surface area contributed by atoms with Crippen molar-refractivity contribution in [1.29, 1.82) is 0 Å². The van der Waals surface area contributed by atoms with Gasteiger partial charge >= 0.3 is 0 Å². The molecule has 82 valence electrons. The van der Waals surface area contributed by atoms with E-state index in [-0.39, 0.29) is 0 Å². The zero-order chi connectivity index (χ0) is 10.8. The van der Waals surface area contributed by atoms with E-state index < -0.39 is 0 Å². The summed E-state index contributed by atoms with van der Waals surface area (Å²) in [5.41, 5.74) is 1.18. The maximum Gasteiger partial charge on any atom is 0.123 e. The maximum absolute atomic E-state index is 6.01. The molecular weight excluding hydrogens is 210 g/mol. The molecule has 1 aliphatic rings. The number of halogens is 1. The Bertz CT molecular complexity index is 353. The van der Waals surface area contributed by atoms with Crippen LogP contribution in [0.3, 0.4) is 0 Å². The minimum absolute atomic E-state index is 0.383. The second-order valence-corrected chi connectivity index (χ2v) is 4.62. The summed E-state index contributed by atoms with van der Waals surface area (Å²) in [6.07, 6.45) is 1.15. The number of methoxy groups -OCH3 is 1. The molecule has 1 aliphatic heterocycles. The van der Waals surface area contributed by atoms with Gasteiger partial charge < -0.3 is 10.1 Å². The summed E-state index contributed by atoms with van der Waals surface area (Å²) in [5, 5.41) is 4.26. The first kappa shape index (κ1) is 10.8. The zero-order valence-corrected chi connectivity index (χ0v) is 9.84. The molecule has 1 aromatic rings.